The van der Waals surface area contributed by atoms with Gasteiger partial charge in [-0.3, -0.25) is 9.59 Å². The molecule has 3 rings (SSSR count). The zero-order valence-electron chi connectivity index (χ0n) is 17.5. The van der Waals surface area contributed by atoms with Crippen LogP contribution in [-0.4, -0.2) is 72.6 Å². The van der Waals surface area contributed by atoms with Crippen LogP contribution in [-0.2, 0) is 9.53 Å². The number of aromatic nitrogens is 1. The predicted molar refractivity (Wildman–Crippen MR) is 114 cm³/mol. The van der Waals surface area contributed by atoms with Crippen LogP contribution in [0.4, 0.5) is 11.5 Å². The normalized spacial score (nSPS) is 14.7. The van der Waals surface area contributed by atoms with E-state index in [0.29, 0.717) is 62.3 Å². The second kappa shape index (κ2) is 10.6. The molecule has 2 amide bonds. The van der Waals surface area contributed by atoms with Gasteiger partial charge in [0.05, 0.1) is 24.5 Å². The molecule has 0 atom stereocenters. The lowest BCUT2D eigenvalue weighted by Crippen LogP contribution is -2.44. The molecule has 0 bridgehead atoms. The van der Waals surface area contributed by atoms with Crippen LogP contribution in [0.1, 0.15) is 24.2 Å². The summed E-state index contributed by atoms with van der Waals surface area (Å²) in [5, 5.41) is 3.21. The van der Waals surface area contributed by atoms with Crippen molar-refractivity contribution >= 4 is 23.3 Å². The van der Waals surface area contributed by atoms with Gasteiger partial charge in [-0.05, 0) is 38.1 Å². The fourth-order valence-corrected chi connectivity index (χ4v) is 3.25. The number of amides is 2. The van der Waals surface area contributed by atoms with E-state index in [9.17, 15) is 9.59 Å². The highest BCUT2D eigenvalue weighted by Gasteiger charge is 2.24. The zero-order chi connectivity index (χ0) is 21.3. The monoisotopic (exact) mass is 412 g/mol. The first-order valence-electron chi connectivity index (χ1n) is 10.2. The molecule has 0 saturated carbocycles. The van der Waals surface area contributed by atoms with Gasteiger partial charge in [-0.2, -0.15) is 0 Å². The van der Waals surface area contributed by atoms with E-state index in [4.69, 9.17) is 9.47 Å². The summed E-state index contributed by atoms with van der Waals surface area (Å²) in [5.41, 5.74) is 1.09. The van der Waals surface area contributed by atoms with Crippen molar-refractivity contribution in [3.05, 3.63) is 48.2 Å². The van der Waals surface area contributed by atoms with Crippen LogP contribution in [0.5, 0.6) is 5.75 Å². The third kappa shape index (κ3) is 5.27. The summed E-state index contributed by atoms with van der Waals surface area (Å²) in [5.74, 6) is 0.703. The highest BCUT2D eigenvalue weighted by molar-refractivity contribution is 6.01. The van der Waals surface area contributed by atoms with Crippen molar-refractivity contribution < 1.29 is 19.1 Å². The summed E-state index contributed by atoms with van der Waals surface area (Å²) >= 11 is 0. The molecule has 0 fully saturated rings. The van der Waals surface area contributed by atoms with Gasteiger partial charge < -0.3 is 24.6 Å². The van der Waals surface area contributed by atoms with Crippen molar-refractivity contribution in [2.75, 3.05) is 51.3 Å². The molecule has 0 unspecified atom stereocenters. The third-order valence-electron chi connectivity index (χ3n) is 4.90. The van der Waals surface area contributed by atoms with E-state index in [0.717, 1.165) is 0 Å². The molecular weight excluding hydrogens is 384 g/mol. The first kappa shape index (κ1) is 21.6. The van der Waals surface area contributed by atoms with Crippen molar-refractivity contribution in [3.63, 3.8) is 0 Å². The van der Waals surface area contributed by atoms with Gasteiger partial charge in [0.15, 0.2) is 0 Å². The standard InChI is InChI=1S/C22H28N4O4/c1-3-25(4-2)20(27)16-26-12-13-29-14-15-30-19-10-6-5-9-18(19)24-21-17(22(26)28)8-7-11-23-21/h5-11H,3-4,12-16H2,1-2H3,(H,23,24). The number of benzene rings is 1. The lowest BCUT2D eigenvalue weighted by Gasteiger charge is -2.26. The molecule has 1 aromatic heterocycles. The number of likely N-dealkylation sites (N-methyl/N-ethyl adjacent to an activating group) is 1. The largest absolute Gasteiger partial charge is 0.489 e. The Kier molecular flexibility index (Phi) is 7.62. The van der Waals surface area contributed by atoms with Crippen LogP contribution in [0.25, 0.3) is 0 Å². The number of hydrogen-bond acceptors (Lipinski definition) is 6. The lowest BCUT2D eigenvalue weighted by molar-refractivity contribution is -0.131. The molecule has 0 saturated heterocycles. The number of anilines is 2. The number of carbonyl (C=O) groups excluding carboxylic acids is 2. The van der Waals surface area contributed by atoms with E-state index in [1.54, 1.807) is 23.2 Å². The van der Waals surface area contributed by atoms with Crippen LogP contribution in [0.3, 0.4) is 0 Å². The molecule has 8 heteroatoms. The van der Waals surface area contributed by atoms with Gasteiger partial charge in [-0.1, -0.05) is 12.1 Å². The summed E-state index contributed by atoms with van der Waals surface area (Å²) < 4.78 is 11.5. The third-order valence-corrected chi connectivity index (χ3v) is 4.90. The van der Waals surface area contributed by atoms with Gasteiger partial charge in [0.1, 0.15) is 24.7 Å². The summed E-state index contributed by atoms with van der Waals surface area (Å²) in [4.78, 5) is 33.6. The highest BCUT2D eigenvalue weighted by atomic mass is 16.5. The van der Waals surface area contributed by atoms with Crippen molar-refractivity contribution in [2.24, 2.45) is 0 Å². The fraction of sp³-hybridized carbons (Fsp3) is 0.409. The van der Waals surface area contributed by atoms with E-state index in [2.05, 4.69) is 10.3 Å². The fourth-order valence-electron chi connectivity index (χ4n) is 3.25. The van der Waals surface area contributed by atoms with Gasteiger partial charge in [0.25, 0.3) is 5.91 Å². The Morgan fingerprint density at radius 1 is 1.13 bits per heavy atom. The lowest BCUT2D eigenvalue weighted by atomic mass is 10.2. The topological polar surface area (TPSA) is 84.0 Å². The summed E-state index contributed by atoms with van der Waals surface area (Å²) in [6, 6.07) is 10.9. The van der Waals surface area contributed by atoms with E-state index >= 15 is 0 Å². The average molecular weight is 412 g/mol. The molecule has 30 heavy (non-hydrogen) atoms. The molecular formula is C22H28N4O4. The molecule has 2 heterocycles. The maximum atomic E-state index is 13.4. The van der Waals surface area contributed by atoms with Gasteiger partial charge in [0.2, 0.25) is 5.91 Å². The Labute approximate surface area is 176 Å². The number of ether oxygens (including phenoxy) is 2. The first-order valence-corrected chi connectivity index (χ1v) is 10.2. The van der Waals surface area contributed by atoms with E-state index < -0.39 is 0 Å². The molecule has 1 aliphatic heterocycles. The number of pyridine rings is 1. The molecule has 1 aliphatic rings. The van der Waals surface area contributed by atoms with E-state index in [1.807, 2.05) is 38.1 Å². The van der Waals surface area contributed by atoms with E-state index in [1.165, 1.54) is 4.90 Å². The second-order valence-corrected chi connectivity index (χ2v) is 6.77. The summed E-state index contributed by atoms with van der Waals surface area (Å²) in [6.07, 6.45) is 1.62. The zero-order valence-corrected chi connectivity index (χ0v) is 17.5. The van der Waals surface area contributed by atoms with Crippen LogP contribution in [0.15, 0.2) is 42.6 Å². The van der Waals surface area contributed by atoms with Gasteiger partial charge in [-0.15, -0.1) is 0 Å². The second-order valence-electron chi connectivity index (χ2n) is 6.77. The number of nitrogens with one attached hydrogen (secondary N) is 1. The van der Waals surface area contributed by atoms with E-state index in [-0.39, 0.29) is 18.4 Å². The van der Waals surface area contributed by atoms with Crippen molar-refractivity contribution in [1.82, 2.24) is 14.8 Å². The minimum Gasteiger partial charge on any atom is -0.489 e. The quantitative estimate of drug-likeness (QED) is 0.831. The minimum absolute atomic E-state index is 0.00864. The van der Waals surface area contributed by atoms with Crippen LogP contribution < -0.4 is 10.1 Å². The number of fused-ring (bicyclic) bond motifs is 2. The van der Waals surface area contributed by atoms with Crippen molar-refractivity contribution in [1.29, 1.82) is 0 Å². The number of nitrogens with zero attached hydrogens (tertiary/aromatic N) is 3. The highest BCUT2D eigenvalue weighted by Crippen LogP contribution is 2.28. The Balaban J connectivity index is 1.92. The molecule has 8 nitrogen and oxygen atoms in total. The molecule has 0 radical (unpaired) electrons. The van der Waals surface area contributed by atoms with Crippen molar-refractivity contribution in [2.45, 2.75) is 13.8 Å². The number of rotatable bonds is 4. The van der Waals surface area contributed by atoms with Gasteiger partial charge >= 0.3 is 0 Å². The van der Waals surface area contributed by atoms with Crippen LogP contribution >= 0.6 is 0 Å². The molecule has 160 valence electrons. The van der Waals surface area contributed by atoms with Crippen LogP contribution in [0, 0.1) is 0 Å². The maximum Gasteiger partial charge on any atom is 0.258 e. The Morgan fingerprint density at radius 2 is 1.93 bits per heavy atom. The first-order chi connectivity index (χ1) is 14.6. The SMILES string of the molecule is CCN(CC)C(=O)CN1CCOCCOc2ccccc2Nc2ncccc2C1=O. The van der Waals surface area contributed by atoms with Gasteiger partial charge in [-0.25, -0.2) is 4.98 Å². The predicted octanol–water partition coefficient (Wildman–Crippen LogP) is 2.54. The van der Waals surface area contributed by atoms with Crippen molar-refractivity contribution in [3.8, 4) is 5.75 Å². The summed E-state index contributed by atoms with van der Waals surface area (Å²) in [7, 11) is 0. The minimum atomic E-state index is -0.271. The maximum absolute atomic E-state index is 13.4. The molecule has 2 aromatic rings. The molecule has 0 aliphatic carbocycles. The van der Waals surface area contributed by atoms with Gasteiger partial charge in [0, 0.05) is 25.8 Å². The van der Waals surface area contributed by atoms with Crippen LogP contribution in [0.2, 0.25) is 0 Å². The molecule has 0 spiro atoms. The molecule has 1 aromatic carbocycles. The Hall–Kier alpha value is -3.13. The smallest absolute Gasteiger partial charge is 0.258 e. The number of hydrogen-bond donors (Lipinski definition) is 1. The summed E-state index contributed by atoms with van der Waals surface area (Å²) in [6.45, 7) is 6.40. The number of carbonyl (C=O) groups is 2. The molecule has 1 N–H and O–H groups in total. The number of para-hydroxylation sites is 2. The average Bonchev–Trinajstić information content (AvgIpc) is 2.77. The Bertz CT molecular complexity index is 870. The Morgan fingerprint density at radius 3 is 2.73 bits per heavy atom.